The van der Waals surface area contributed by atoms with Crippen LogP contribution in [0.25, 0.3) is 0 Å². The first-order chi connectivity index (χ1) is 5.43. The summed E-state index contributed by atoms with van der Waals surface area (Å²) in [5.41, 5.74) is 1.58. The Morgan fingerprint density at radius 1 is 1.09 bits per heavy atom. The van der Waals surface area contributed by atoms with Crippen molar-refractivity contribution >= 4 is 0 Å². The summed E-state index contributed by atoms with van der Waals surface area (Å²) in [4.78, 5) is 0. The molecule has 0 aromatic carbocycles. The molecular formula is C10H18O. The minimum Gasteiger partial charge on any atom is -0.396 e. The highest BCUT2D eigenvalue weighted by Crippen LogP contribution is 2.21. The first kappa shape index (κ1) is 8.79. The summed E-state index contributed by atoms with van der Waals surface area (Å²) in [6.45, 7) is 0.309. The Kier molecular flexibility index (Phi) is 4.29. The lowest BCUT2D eigenvalue weighted by Gasteiger charge is -2.00. The van der Waals surface area contributed by atoms with Crippen molar-refractivity contribution in [2.75, 3.05) is 6.61 Å². The van der Waals surface area contributed by atoms with Gasteiger partial charge in [-0.15, -0.1) is 0 Å². The number of rotatable bonds is 2. The van der Waals surface area contributed by atoms with Crippen LogP contribution in [0.3, 0.4) is 0 Å². The molecule has 0 aromatic rings. The van der Waals surface area contributed by atoms with Crippen molar-refractivity contribution in [3.05, 3.63) is 11.6 Å². The van der Waals surface area contributed by atoms with Crippen LogP contribution in [0.15, 0.2) is 11.6 Å². The van der Waals surface area contributed by atoms with Crippen LogP contribution in [0.1, 0.15) is 44.9 Å². The molecule has 0 atom stereocenters. The highest BCUT2D eigenvalue weighted by molar-refractivity contribution is 5.02. The van der Waals surface area contributed by atoms with Crippen molar-refractivity contribution in [2.24, 2.45) is 0 Å². The summed E-state index contributed by atoms with van der Waals surface area (Å²) in [6.07, 6.45) is 11.2. The third-order valence-corrected chi connectivity index (χ3v) is 2.31. The van der Waals surface area contributed by atoms with Crippen molar-refractivity contribution in [3.8, 4) is 0 Å². The molecule has 1 fully saturated rings. The Balaban J connectivity index is 2.29. The monoisotopic (exact) mass is 154 g/mol. The maximum Gasteiger partial charge on any atom is 0.0465 e. The molecule has 1 nitrogen and oxygen atoms in total. The fourth-order valence-corrected chi connectivity index (χ4v) is 1.66. The first-order valence-electron chi connectivity index (χ1n) is 4.72. The van der Waals surface area contributed by atoms with E-state index in [1.165, 1.54) is 38.5 Å². The molecule has 1 heteroatoms. The number of hydrogen-bond donors (Lipinski definition) is 1. The first-order valence-corrected chi connectivity index (χ1v) is 4.72. The molecule has 0 unspecified atom stereocenters. The molecule has 0 saturated heterocycles. The van der Waals surface area contributed by atoms with Gasteiger partial charge in [0.2, 0.25) is 0 Å². The Labute approximate surface area is 69.1 Å². The maximum atomic E-state index is 8.62. The fraction of sp³-hybridized carbons (Fsp3) is 0.800. The molecule has 0 heterocycles. The second kappa shape index (κ2) is 5.36. The van der Waals surface area contributed by atoms with Crippen molar-refractivity contribution in [2.45, 2.75) is 44.9 Å². The van der Waals surface area contributed by atoms with Gasteiger partial charge in [0.1, 0.15) is 0 Å². The fourth-order valence-electron chi connectivity index (χ4n) is 1.66. The van der Waals surface area contributed by atoms with E-state index < -0.39 is 0 Å². The second-order valence-corrected chi connectivity index (χ2v) is 3.29. The Hall–Kier alpha value is -0.300. The summed E-state index contributed by atoms with van der Waals surface area (Å²) < 4.78 is 0. The van der Waals surface area contributed by atoms with Gasteiger partial charge < -0.3 is 5.11 Å². The zero-order valence-electron chi connectivity index (χ0n) is 7.18. The molecular weight excluding hydrogens is 136 g/mol. The molecule has 1 aliphatic rings. The average Bonchev–Trinajstić information content (AvgIpc) is 2.28. The third kappa shape index (κ3) is 3.57. The zero-order valence-corrected chi connectivity index (χ0v) is 7.18. The second-order valence-electron chi connectivity index (χ2n) is 3.29. The average molecular weight is 154 g/mol. The molecule has 64 valence electrons. The lowest BCUT2D eigenvalue weighted by atomic mass is 10.1. The molecule has 0 aliphatic heterocycles. The summed E-state index contributed by atoms with van der Waals surface area (Å²) in [6, 6.07) is 0. The summed E-state index contributed by atoms with van der Waals surface area (Å²) in [5.74, 6) is 0. The topological polar surface area (TPSA) is 20.2 Å². The summed E-state index contributed by atoms with van der Waals surface area (Å²) in [7, 11) is 0. The molecule has 0 bridgehead atoms. The van der Waals surface area contributed by atoms with E-state index in [-0.39, 0.29) is 0 Å². The van der Waals surface area contributed by atoms with Crippen molar-refractivity contribution in [3.63, 3.8) is 0 Å². The highest BCUT2D eigenvalue weighted by atomic mass is 16.2. The van der Waals surface area contributed by atoms with Crippen LogP contribution >= 0.6 is 0 Å². The lowest BCUT2D eigenvalue weighted by Crippen LogP contribution is -1.83. The lowest BCUT2D eigenvalue weighted by molar-refractivity contribution is 0.302. The highest BCUT2D eigenvalue weighted by Gasteiger charge is 2.02. The maximum absolute atomic E-state index is 8.62. The predicted molar refractivity (Wildman–Crippen MR) is 47.5 cm³/mol. The van der Waals surface area contributed by atoms with E-state index in [9.17, 15) is 0 Å². The van der Waals surface area contributed by atoms with E-state index in [2.05, 4.69) is 6.08 Å². The Bertz CT molecular complexity index is 117. The molecule has 1 rings (SSSR count). The van der Waals surface area contributed by atoms with Gasteiger partial charge in [-0.3, -0.25) is 0 Å². The predicted octanol–water partition coefficient (Wildman–Crippen LogP) is 2.65. The van der Waals surface area contributed by atoms with Crippen LogP contribution in [0.4, 0.5) is 0 Å². The molecule has 1 aliphatic carbocycles. The van der Waals surface area contributed by atoms with Crippen LogP contribution in [0.5, 0.6) is 0 Å². The van der Waals surface area contributed by atoms with Crippen LogP contribution in [0, 0.1) is 0 Å². The third-order valence-electron chi connectivity index (χ3n) is 2.31. The molecule has 0 aromatic heterocycles. The van der Waals surface area contributed by atoms with Gasteiger partial charge in [-0.25, -0.2) is 0 Å². The van der Waals surface area contributed by atoms with Crippen LogP contribution < -0.4 is 0 Å². The van der Waals surface area contributed by atoms with Gasteiger partial charge >= 0.3 is 0 Å². The Morgan fingerprint density at radius 2 is 1.73 bits per heavy atom. The molecule has 0 spiro atoms. The van der Waals surface area contributed by atoms with E-state index in [0.29, 0.717) is 6.61 Å². The molecule has 0 radical (unpaired) electrons. The van der Waals surface area contributed by atoms with Crippen molar-refractivity contribution < 1.29 is 5.11 Å². The standard InChI is InChI=1S/C10H18O/c11-9-5-8-10-6-3-1-2-4-7-10/h8,11H,1-7,9H2. The molecule has 11 heavy (non-hydrogen) atoms. The van der Waals surface area contributed by atoms with Crippen LogP contribution in [-0.4, -0.2) is 11.7 Å². The van der Waals surface area contributed by atoms with Gasteiger partial charge in [0.15, 0.2) is 0 Å². The van der Waals surface area contributed by atoms with Gasteiger partial charge in [0, 0.05) is 6.61 Å². The quantitative estimate of drug-likeness (QED) is 0.479. The minimum atomic E-state index is 0.309. The van der Waals surface area contributed by atoms with E-state index in [1.807, 2.05) is 0 Å². The van der Waals surface area contributed by atoms with Crippen LogP contribution in [0.2, 0.25) is 0 Å². The molecule has 1 N–H and O–H groups in total. The smallest absolute Gasteiger partial charge is 0.0465 e. The molecule has 1 saturated carbocycles. The van der Waals surface area contributed by atoms with E-state index in [1.54, 1.807) is 5.57 Å². The van der Waals surface area contributed by atoms with Crippen molar-refractivity contribution in [1.29, 1.82) is 0 Å². The van der Waals surface area contributed by atoms with Gasteiger partial charge in [0.05, 0.1) is 0 Å². The number of hydrogen-bond acceptors (Lipinski definition) is 1. The van der Waals surface area contributed by atoms with E-state index in [0.717, 1.165) is 6.42 Å². The van der Waals surface area contributed by atoms with Gasteiger partial charge in [-0.2, -0.15) is 0 Å². The molecule has 0 amide bonds. The van der Waals surface area contributed by atoms with Crippen molar-refractivity contribution in [1.82, 2.24) is 0 Å². The van der Waals surface area contributed by atoms with Gasteiger partial charge in [0.25, 0.3) is 0 Å². The van der Waals surface area contributed by atoms with E-state index >= 15 is 0 Å². The Morgan fingerprint density at radius 3 is 2.27 bits per heavy atom. The summed E-state index contributed by atoms with van der Waals surface area (Å²) >= 11 is 0. The SMILES string of the molecule is OCCC=C1CCCCCC1. The zero-order chi connectivity index (χ0) is 7.94. The minimum absolute atomic E-state index is 0.309. The largest absolute Gasteiger partial charge is 0.396 e. The number of aliphatic hydroxyl groups is 1. The normalized spacial score (nSPS) is 19.5. The number of aliphatic hydroxyl groups excluding tert-OH is 1. The van der Waals surface area contributed by atoms with Gasteiger partial charge in [-0.1, -0.05) is 24.5 Å². The van der Waals surface area contributed by atoms with E-state index in [4.69, 9.17) is 5.11 Å². The van der Waals surface area contributed by atoms with Gasteiger partial charge in [-0.05, 0) is 32.1 Å². The van der Waals surface area contributed by atoms with Crippen LogP contribution in [-0.2, 0) is 0 Å². The number of allylic oxidation sites excluding steroid dienone is 1. The summed E-state index contributed by atoms with van der Waals surface area (Å²) in [5, 5.41) is 8.62.